The van der Waals surface area contributed by atoms with E-state index in [0.717, 1.165) is 0 Å². The van der Waals surface area contributed by atoms with Crippen LogP contribution < -0.4 is 0 Å². The van der Waals surface area contributed by atoms with Gasteiger partial charge in [0.25, 0.3) is 0 Å². The minimum atomic E-state index is -2.33. The van der Waals surface area contributed by atoms with E-state index in [1.165, 1.54) is 6.92 Å². The van der Waals surface area contributed by atoms with Crippen LogP contribution in [-0.2, 0) is 80.5 Å². The molecule has 0 aromatic heterocycles. The van der Waals surface area contributed by atoms with Crippen LogP contribution in [0.25, 0.3) is 0 Å². The highest BCUT2D eigenvalue weighted by atomic mass is 16.8. The summed E-state index contributed by atoms with van der Waals surface area (Å²) in [6.45, 7) is -5.11. The Labute approximate surface area is 525 Å². The number of hydrogen-bond donors (Lipinski definition) is 25. The fourth-order valence-corrected chi connectivity index (χ4v) is 11.7. The first kappa shape index (κ1) is 75.5. The fourth-order valence-electron chi connectivity index (χ4n) is 11.7. The van der Waals surface area contributed by atoms with Crippen molar-refractivity contribution in [1.82, 2.24) is 0 Å². The number of ether oxygens (including phenoxy) is 17. The first-order chi connectivity index (χ1) is 44.0. The Balaban J connectivity index is 0.884. The summed E-state index contributed by atoms with van der Waals surface area (Å²) in [5, 5.41) is 269. The molecule has 9 rings (SSSR count). The van der Waals surface area contributed by atoms with E-state index in [0.29, 0.717) is 0 Å². The second-order valence-electron chi connectivity index (χ2n) is 23.9. The molecule has 542 valence electrons. The molecule has 93 heavy (non-hydrogen) atoms. The van der Waals surface area contributed by atoms with Crippen molar-refractivity contribution in [2.75, 3.05) is 52.9 Å². The molecule has 0 unspecified atom stereocenters. The lowest BCUT2D eigenvalue weighted by Gasteiger charge is -2.49. The second kappa shape index (κ2) is 32.3. The van der Waals surface area contributed by atoms with Gasteiger partial charge in [-0.1, -0.05) is 0 Å². The average Bonchev–Trinajstić information content (AvgIpc) is 0.832. The zero-order valence-electron chi connectivity index (χ0n) is 49.0. The van der Waals surface area contributed by atoms with Crippen LogP contribution in [0.3, 0.4) is 0 Å². The van der Waals surface area contributed by atoms with Gasteiger partial charge in [-0.05, 0) is 6.92 Å². The highest BCUT2D eigenvalue weighted by Crippen LogP contribution is 2.37. The van der Waals surface area contributed by atoms with Crippen LogP contribution in [-0.4, -0.2) is 439 Å². The monoisotopic (exact) mass is 1370 g/mol. The molecule has 9 aliphatic heterocycles. The number of hydrogen-bond acceptors (Lipinski definition) is 42. The van der Waals surface area contributed by atoms with Crippen molar-refractivity contribution < 1.29 is 208 Å². The Morgan fingerprint density at radius 3 is 1.20 bits per heavy atom. The molecule has 42 heteroatoms. The van der Waals surface area contributed by atoms with Gasteiger partial charge in [0.15, 0.2) is 56.6 Å². The molecule has 0 aliphatic carbocycles. The molecule has 9 aliphatic rings. The zero-order valence-corrected chi connectivity index (χ0v) is 49.0. The molecule has 0 radical (unpaired) electrons. The van der Waals surface area contributed by atoms with Gasteiger partial charge in [-0.3, -0.25) is 0 Å². The Kier molecular flexibility index (Phi) is 26.2. The number of aliphatic hydroxyl groups is 25. The molecule has 25 N–H and O–H groups in total. The average molecular weight is 1370 g/mol. The molecule has 0 aromatic carbocycles. The zero-order chi connectivity index (χ0) is 67.9. The van der Waals surface area contributed by atoms with E-state index in [2.05, 4.69) is 0 Å². The van der Waals surface area contributed by atoms with Crippen molar-refractivity contribution in [1.29, 1.82) is 0 Å². The summed E-state index contributed by atoms with van der Waals surface area (Å²) in [6, 6.07) is 0. The maximum Gasteiger partial charge on any atom is 0.187 e. The van der Waals surface area contributed by atoms with E-state index in [4.69, 9.17) is 80.5 Å². The second-order valence-corrected chi connectivity index (χ2v) is 23.9. The van der Waals surface area contributed by atoms with Gasteiger partial charge in [-0.15, -0.1) is 0 Å². The quantitative estimate of drug-likeness (QED) is 0.0507. The van der Waals surface area contributed by atoms with Gasteiger partial charge in [0.05, 0.1) is 59.0 Å². The van der Waals surface area contributed by atoms with Crippen LogP contribution in [0.5, 0.6) is 0 Å². The van der Waals surface area contributed by atoms with E-state index >= 15 is 0 Å². The molecule has 0 aromatic rings. The normalized spacial score (nSPS) is 54.4. The minimum absolute atomic E-state index is 0.444. The molecule has 9 saturated heterocycles. The largest absolute Gasteiger partial charge is 0.394 e. The Morgan fingerprint density at radius 1 is 0.269 bits per heavy atom. The molecular formula is C51H86O42. The van der Waals surface area contributed by atoms with Crippen LogP contribution >= 0.6 is 0 Å². The summed E-state index contributed by atoms with van der Waals surface area (Å²) in [5.74, 6) is 0. The number of rotatable bonds is 21. The van der Waals surface area contributed by atoms with E-state index in [1.807, 2.05) is 0 Å². The predicted molar refractivity (Wildman–Crippen MR) is 278 cm³/mol. The summed E-state index contributed by atoms with van der Waals surface area (Å²) in [6.07, 6.45) is -80.4. The van der Waals surface area contributed by atoms with Crippen LogP contribution in [0.2, 0.25) is 0 Å². The maximum atomic E-state index is 11.9. The van der Waals surface area contributed by atoms with Gasteiger partial charge in [0.2, 0.25) is 0 Å². The summed E-state index contributed by atoms with van der Waals surface area (Å²) in [4.78, 5) is 0. The summed E-state index contributed by atoms with van der Waals surface area (Å²) in [7, 11) is 0. The molecular weight excluding hydrogens is 1280 g/mol. The van der Waals surface area contributed by atoms with Crippen molar-refractivity contribution in [2.24, 2.45) is 0 Å². The lowest BCUT2D eigenvalue weighted by Crippen LogP contribution is -2.67. The molecule has 9 fully saturated rings. The van der Waals surface area contributed by atoms with Crippen molar-refractivity contribution >= 4 is 0 Å². The molecule has 0 bridgehead atoms. The van der Waals surface area contributed by atoms with Crippen molar-refractivity contribution in [3.8, 4) is 0 Å². The molecule has 0 amide bonds. The molecule has 0 spiro atoms. The summed E-state index contributed by atoms with van der Waals surface area (Å²) in [5.41, 5.74) is 0. The highest BCUT2D eigenvalue weighted by Gasteiger charge is 2.58. The maximum absolute atomic E-state index is 11.9. The number of aliphatic hydroxyl groups excluding tert-OH is 25. The van der Waals surface area contributed by atoms with Gasteiger partial charge < -0.3 is 208 Å². The first-order valence-electron chi connectivity index (χ1n) is 29.7. The van der Waals surface area contributed by atoms with Crippen LogP contribution in [0, 0.1) is 0 Å². The van der Waals surface area contributed by atoms with Gasteiger partial charge in [-0.25, -0.2) is 0 Å². The van der Waals surface area contributed by atoms with Crippen LogP contribution in [0.1, 0.15) is 6.92 Å². The lowest BCUT2D eigenvalue weighted by atomic mass is 9.96. The minimum Gasteiger partial charge on any atom is -0.394 e. The van der Waals surface area contributed by atoms with E-state index < -0.39 is 311 Å². The van der Waals surface area contributed by atoms with Crippen molar-refractivity contribution in [3.05, 3.63) is 0 Å². The Morgan fingerprint density at radius 2 is 0.634 bits per heavy atom. The van der Waals surface area contributed by atoms with Crippen molar-refractivity contribution in [3.63, 3.8) is 0 Å². The van der Waals surface area contributed by atoms with Crippen molar-refractivity contribution in [2.45, 2.75) is 265 Å². The first-order valence-corrected chi connectivity index (χ1v) is 29.7. The topological polar surface area (TPSA) is 663 Å². The smallest absolute Gasteiger partial charge is 0.187 e. The van der Waals surface area contributed by atoms with E-state index in [9.17, 15) is 128 Å². The fraction of sp³-hybridized carbons (Fsp3) is 1.00. The third-order valence-electron chi connectivity index (χ3n) is 17.5. The highest BCUT2D eigenvalue weighted by molar-refractivity contribution is 5.00. The molecule has 42 nitrogen and oxygen atoms in total. The Bertz CT molecular complexity index is 2280. The standard InChI is InChI=1S/C51H86O42/c1-10-19(56)26(63)35(72)46(83-10)92-42-29(66)22(59)13(2-52)85-51(42)93-41-21(58)12(55)5-78-50(41)82-9-18-40(31(68)38(75)49(89-18)90-39-14(3-53)84-43(76)32(69)30(39)67)91-48-37(74)28(65)24(61)16(88-48)7-80-45-34(71)25(62)17(8-81-45)87-47-36(73)27(64)23(60)15(86-47)6-79-44-33(70)20(57)11(54)4-77-44/h10-76H,2-9H2,1H3/t10-,11+,12+,13+,14+,15+,16+,17+,18+,19+,20-,21-,22-,23+,24+,25-,26+,27-,28-,29-,30+,31+,32+,33+,34+,35-,36+,37+,38+,39+,40+,41+,42+,43-,44+,45-,46-,47-,48-,49-,50+,51-/m0/s1. The van der Waals surface area contributed by atoms with Crippen LogP contribution in [0.15, 0.2) is 0 Å². The third-order valence-corrected chi connectivity index (χ3v) is 17.5. The third kappa shape index (κ3) is 16.2. The molecule has 0 saturated carbocycles. The molecule has 42 atom stereocenters. The Hall–Kier alpha value is -1.68. The van der Waals surface area contributed by atoms with Gasteiger partial charge in [-0.2, -0.15) is 0 Å². The van der Waals surface area contributed by atoms with E-state index in [-0.39, 0.29) is 0 Å². The summed E-state index contributed by atoms with van der Waals surface area (Å²) < 4.78 is 96.3. The van der Waals surface area contributed by atoms with Gasteiger partial charge in [0.1, 0.15) is 195 Å². The summed E-state index contributed by atoms with van der Waals surface area (Å²) >= 11 is 0. The SMILES string of the molecule is C[C@@H]1O[C@@H](O[C@H]2[C@H](O[C@H]3[C@@H](OC[C@H]4O[C@@H](O[C@H]5[C@H](O)[C@@H](O)[C@@H](O)O[C@@H]5CO)[C@H](O)[C@@H](O)[C@@H]4O[C@@H]4O[C@H](CO[C@H]5OC[C@@H](O[C@@H]6O[C@H](CO[C@H]7OC[C@@H](O)[C@H](O)[C@H]7O)[C@@H](O)[C@H](O)[C@H]6O)[C@H](O)[C@H]5O)[C@@H](O)[C@H](O)[C@H]4O)OC[C@@H](O)[C@@H]3O)O[C@H](CO)[C@H](O)[C@@H]2O)[C@@H](O)[C@H](O)[C@@H]1O. The predicted octanol–water partition coefficient (Wildman–Crippen LogP) is -17.7. The molecule has 9 heterocycles. The van der Waals surface area contributed by atoms with Gasteiger partial charge >= 0.3 is 0 Å². The van der Waals surface area contributed by atoms with Gasteiger partial charge in [0, 0.05) is 0 Å². The lowest BCUT2D eigenvalue weighted by molar-refractivity contribution is -0.394. The van der Waals surface area contributed by atoms with Crippen LogP contribution in [0.4, 0.5) is 0 Å². The van der Waals surface area contributed by atoms with E-state index in [1.54, 1.807) is 0 Å².